The summed E-state index contributed by atoms with van der Waals surface area (Å²) in [6, 6.07) is 7.88. The number of anilines is 2. The van der Waals surface area contributed by atoms with Crippen molar-refractivity contribution >= 4 is 23.2 Å². The van der Waals surface area contributed by atoms with Crippen LogP contribution in [0.3, 0.4) is 0 Å². The van der Waals surface area contributed by atoms with Gasteiger partial charge in [0.05, 0.1) is 12.3 Å². The van der Waals surface area contributed by atoms with Crippen molar-refractivity contribution < 1.29 is 4.74 Å². The average Bonchev–Trinajstić information content (AvgIpc) is 2.62. The summed E-state index contributed by atoms with van der Waals surface area (Å²) >= 11 is 5.95. The fourth-order valence-electron chi connectivity index (χ4n) is 3.13. The predicted octanol–water partition coefficient (Wildman–Crippen LogP) is 2.46. The van der Waals surface area contributed by atoms with Gasteiger partial charge in [-0.3, -0.25) is 9.78 Å². The van der Waals surface area contributed by atoms with Crippen LogP contribution in [-0.4, -0.2) is 43.3 Å². The minimum Gasteiger partial charge on any atom is -0.378 e. The monoisotopic (exact) mass is 362 g/mol. The Labute approximate surface area is 152 Å². The van der Waals surface area contributed by atoms with Crippen molar-refractivity contribution in [2.24, 2.45) is 0 Å². The molecule has 1 aromatic carbocycles. The van der Waals surface area contributed by atoms with Gasteiger partial charge in [0.1, 0.15) is 0 Å². The standard InChI is InChI=1S/C18H23ClN4O2/c1-3-15-16(12-25-2)20-18(21-17(15)24)23-10-8-22(9-11-23)14-6-4-13(19)5-7-14/h4-7H,3,8-12H2,1-2H3,(H,20,21,24). The zero-order valence-electron chi connectivity index (χ0n) is 14.6. The van der Waals surface area contributed by atoms with Gasteiger partial charge in [0, 0.05) is 49.6 Å². The second-order valence-corrected chi connectivity index (χ2v) is 6.49. The molecule has 0 atom stereocenters. The second-order valence-electron chi connectivity index (χ2n) is 6.05. The van der Waals surface area contributed by atoms with Gasteiger partial charge in [-0.15, -0.1) is 0 Å². The smallest absolute Gasteiger partial charge is 0.255 e. The fraction of sp³-hybridized carbons (Fsp3) is 0.444. The maximum absolute atomic E-state index is 12.3. The number of methoxy groups -OCH3 is 1. The first-order valence-electron chi connectivity index (χ1n) is 8.48. The lowest BCUT2D eigenvalue weighted by atomic mass is 10.2. The van der Waals surface area contributed by atoms with E-state index in [1.807, 2.05) is 31.2 Å². The van der Waals surface area contributed by atoms with Crippen LogP contribution in [0.1, 0.15) is 18.2 Å². The van der Waals surface area contributed by atoms with Crippen molar-refractivity contribution in [3.63, 3.8) is 0 Å². The number of piperazine rings is 1. The van der Waals surface area contributed by atoms with Gasteiger partial charge in [0.15, 0.2) is 0 Å². The topological polar surface area (TPSA) is 61.5 Å². The van der Waals surface area contributed by atoms with Crippen LogP contribution in [0.2, 0.25) is 5.02 Å². The van der Waals surface area contributed by atoms with Crippen molar-refractivity contribution in [1.29, 1.82) is 0 Å². The Hall–Kier alpha value is -2.05. The molecule has 1 saturated heterocycles. The number of nitrogens with zero attached hydrogens (tertiary/aromatic N) is 3. The molecular formula is C18H23ClN4O2. The highest BCUT2D eigenvalue weighted by Gasteiger charge is 2.20. The van der Waals surface area contributed by atoms with E-state index in [0.717, 1.165) is 42.6 Å². The average molecular weight is 363 g/mol. The number of H-pyrrole nitrogens is 1. The van der Waals surface area contributed by atoms with E-state index in [1.165, 1.54) is 0 Å². The normalized spacial score (nSPS) is 14.8. The van der Waals surface area contributed by atoms with Crippen LogP contribution in [0.4, 0.5) is 11.6 Å². The number of halogens is 1. The molecule has 1 aromatic heterocycles. The summed E-state index contributed by atoms with van der Waals surface area (Å²) in [5.41, 5.74) is 2.51. The van der Waals surface area contributed by atoms with Crippen LogP contribution in [0.25, 0.3) is 0 Å². The van der Waals surface area contributed by atoms with Gasteiger partial charge >= 0.3 is 0 Å². The van der Waals surface area contributed by atoms with Crippen LogP contribution in [0.5, 0.6) is 0 Å². The van der Waals surface area contributed by atoms with Crippen molar-refractivity contribution in [3.05, 3.63) is 50.9 Å². The van der Waals surface area contributed by atoms with Gasteiger partial charge in [0.25, 0.3) is 5.56 Å². The summed E-state index contributed by atoms with van der Waals surface area (Å²) in [5.74, 6) is 0.630. The number of nitrogens with one attached hydrogen (secondary N) is 1. The van der Waals surface area contributed by atoms with E-state index in [1.54, 1.807) is 7.11 Å². The number of benzene rings is 1. The highest BCUT2D eigenvalue weighted by molar-refractivity contribution is 6.30. The molecule has 1 fully saturated rings. The Morgan fingerprint density at radius 3 is 2.40 bits per heavy atom. The van der Waals surface area contributed by atoms with E-state index in [0.29, 0.717) is 24.5 Å². The molecule has 0 radical (unpaired) electrons. The van der Waals surface area contributed by atoms with Gasteiger partial charge in [-0.2, -0.15) is 0 Å². The van der Waals surface area contributed by atoms with Crippen LogP contribution in [0, 0.1) is 0 Å². The third-order valence-electron chi connectivity index (χ3n) is 4.49. The van der Waals surface area contributed by atoms with Crippen molar-refractivity contribution in [2.75, 3.05) is 43.1 Å². The molecule has 0 saturated carbocycles. The van der Waals surface area contributed by atoms with Crippen molar-refractivity contribution in [2.45, 2.75) is 20.0 Å². The Bertz CT molecular complexity index is 768. The van der Waals surface area contributed by atoms with Crippen LogP contribution in [0.15, 0.2) is 29.1 Å². The molecule has 0 unspecified atom stereocenters. The highest BCUT2D eigenvalue weighted by Crippen LogP contribution is 2.20. The van der Waals surface area contributed by atoms with Crippen LogP contribution in [-0.2, 0) is 17.8 Å². The summed E-state index contributed by atoms with van der Waals surface area (Å²) in [6.07, 6.45) is 0.644. The number of aromatic nitrogens is 2. The molecule has 25 heavy (non-hydrogen) atoms. The highest BCUT2D eigenvalue weighted by atomic mass is 35.5. The molecule has 6 nitrogen and oxygen atoms in total. The van der Waals surface area contributed by atoms with Gasteiger partial charge in [-0.25, -0.2) is 4.98 Å². The Morgan fingerprint density at radius 1 is 1.16 bits per heavy atom. The Balaban J connectivity index is 1.74. The number of rotatable bonds is 5. The maximum Gasteiger partial charge on any atom is 0.255 e. The number of aromatic amines is 1. The predicted molar refractivity (Wildman–Crippen MR) is 101 cm³/mol. The van der Waals surface area contributed by atoms with E-state index in [2.05, 4.69) is 19.8 Å². The molecule has 2 heterocycles. The maximum atomic E-state index is 12.3. The zero-order valence-corrected chi connectivity index (χ0v) is 15.3. The lowest BCUT2D eigenvalue weighted by Crippen LogP contribution is -2.47. The van der Waals surface area contributed by atoms with E-state index >= 15 is 0 Å². The molecule has 1 aliphatic rings. The lowest BCUT2D eigenvalue weighted by molar-refractivity contribution is 0.180. The minimum atomic E-state index is -0.0697. The summed E-state index contributed by atoms with van der Waals surface area (Å²) in [5, 5.41) is 0.742. The van der Waals surface area contributed by atoms with E-state index in [4.69, 9.17) is 16.3 Å². The second kappa shape index (κ2) is 7.89. The Morgan fingerprint density at radius 2 is 1.80 bits per heavy atom. The molecule has 134 valence electrons. The first-order valence-corrected chi connectivity index (χ1v) is 8.86. The van der Waals surface area contributed by atoms with Crippen LogP contribution >= 0.6 is 11.6 Å². The van der Waals surface area contributed by atoms with Crippen molar-refractivity contribution in [3.8, 4) is 0 Å². The van der Waals surface area contributed by atoms with Gasteiger partial charge < -0.3 is 14.5 Å². The molecule has 0 aliphatic carbocycles. The third kappa shape index (κ3) is 3.96. The summed E-state index contributed by atoms with van der Waals surface area (Å²) in [4.78, 5) is 24.3. The quantitative estimate of drug-likeness (QED) is 0.885. The summed E-state index contributed by atoms with van der Waals surface area (Å²) in [7, 11) is 1.62. The number of ether oxygens (including phenoxy) is 1. The zero-order chi connectivity index (χ0) is 17.8. The van der Waals surface area contributed by atoms with E-state index < -0.39 is 0 Å². The molecule has 0 spiro atoms. The SMILES string of the molecule is CCc1c(COC)nc(N2CCN(c3ccc(Cl)cc3)CC2)[nH]c1=O. The summed E-state index contributed by atoms with van der Waals surface area (Å²) < 4.78 is 5.20. The molecule has 7 heteroatoms. The molecule has 2 aromatic rings. The number of hydrogen-bond donors (Lipinski definition) is 1. The van der Waals surface area contributed by atoms with E-state index in [9.17, 15) is 4.79 Å². The minimum absolute atomic E-state index is 0.0697. The lowest BCUT2D eigenvalue weighted by Gasteiger charge is -2.36. The molecule has 0 bridgehead atoms. The Kier molecular flexibility index (Phi) is 5.60. The van der Waals surface area contributed by atoms with Gasteiger partial charge in [-0.05, 0) is 30.7 Å². The van der Waals surface area contributed by atoms with Gasteiger partial charge in [0.2, 0.25) is 5.95 Å². The van der Waals surface area contributed by atoms with E-state index in [-0.39, 0.29) is 5.56 Å². The van der Waals surface area contributed by atoms with Crippen molar-refractivity contribution in [1.82, 2.24) is 9.97 Å². The molecule has 3 rings (SSSR count). The molecular weight excluding hydrogens is 340 g/mol. The number of hydrogen-bond acceptors (Lipinski definition) is 5. The molecule has 1 aliphatic heterocycles. The van der Waals surface area contributed by atoms with Gasteiger partial charge in [-0.1, -0.05) is 18.5 Å². The largest absolute Gasteiger partial charge is 0.378 e. The molecule has 0 amide bonds. The first kappa shape index (κ1) is 17.8. The fourth-order valence-corrected chi connectivity index (χ4v) is 3.26. The molecule has 1 N–H and O–H groups in total. The van der Waals surface area contributed by atoms with Crippen LogP contribution < -0.4 is 15.4 Å². The first-order chi connectivity index (χ1) is 12.1. The third-order valence-corrected chi connectivity index (χ3v) is 4.75. The summed E-state index contributed by atoms with van der Waals surface area (Å²) in [6.45, 7) is 5.62.